The highest BCUT2D eigenvalue weighted by Crippen LogP contribution is 2.12. The van der Waals surface area contributed by atoms with Gasteiger partial charge in [-0.2, -0.15) is 0 Å². The van der Waals surface area contributed by atoms with Crippen molar-refractivity contribution in [3.63, 3.8) is 0 Å². The minimum Gasteiger partial charge on any atom is -0.389 e. The Labute approximate surface area is 97.9 Å². The van der Waals surface area contributed by atoms with E-state index in [4.69, 9.17) is 0 Å². The molecule has 1 aromatic heterocycles. The van der Waals surface area contributed by atoms with Gasteiger partial charge in [0, 0.05) is 19.3 Å². The fraction of sp³-hybridized carbons (Fsp3) is 0.615. The van der Waals surface area contributed by atoms with E-state index in [-0.39, 0.29) is 0 Å². The van der Waals surface area contributed by atoms with Crippen molar-refractivity contribution >= 4 is 0 Å². The average Bonchev–Trinajstić information content (AvgIpc) is 2.31. The summed E-state index contributed by atoms with van der Waals surface area (Å²) in [6.07, 6.45) is 3.42. The van der Waals surface area contributed by atoms with Crippen LogP contribution in [0.4, 0.5) is 0 Å². The van der Waals surface area contributed by atoms with Gasteiger partial charge in [0.15, 0.2) is 0 Å². The molecule has 0 aromatic carbocycles. The molecule has 2 N–H and O–H groups in total. The second-order valence-corrected chi connectivity index (χ2v) is 4.36. The Balaban J connectivity index is 2.38. The van der Waals surface area contributed by atoms with E-state index in [9.17, 15) is 5.11 Å². The van der Waals surface area contributed by atoms with Crippen molar-refractivity contribution in [2.24, 2.45) is 0 Å². The van der Waals surface area contributed by atoms with Crippen LogP contribution in [0.5, 0.6) is 0 Å². The smallest absolute Gasteiger partial charge is 0.0766 e. The molecule has 0 atom stereocenters. The summed E-state index contributed by atoms with van der Waals surface area (Å²) in [7, 11) is 0. The lowest BCUT2D eigenvalue weighted by molar-refractivity contribution is 0.0322. The van der Waals surface area contributed by atoms with Gasteiger partial charge in [0.1, 0.15) is 0 Å². The van der Waals surface area contributed by atoms with Gasteiger partial charge in [0.2, 0.25) is 0 Å². The number of nitrogens with zero attached hydrogens (tertiary/aromatic N) is 1. The first-order valence-corrected chi connectivity index (χ1v) is 5.94. The summed E-state index contributed by atoms with van der Waals surface area (Å²) in [6.45, 7) is 7.37. The third-order valence-electron chi connectivity index (χ3n) is 3.05. The summed E-state index contributed by atoms with van der Waals surface area (Å²) >= 11 is 0. The first kappa shape index (κ1) is 13.1. The van der Waals surface area contributed by atoms with Crippen LogP contribution < -0.4 is 5.32 Å². The molecule has 16 heavy (non-hydrogen) atoms. The van der Waals surface area contributed by atoms with Gasteiger partial charge in [-0.25, -0.2) is 0 Å². The SMILES string of the molecule is CCC(O)(CC)CNCc1ccc(C)cn1. The van der Waals surface area contributed by atoms with Crippen LogP contribution in [0.3, 0.4) is 0 Å². The molecule has 0 fully saturated rings. The molecular formula is C13H22N2O. The number of nitrogens with one attached hydrogen (secondary N) is 1. The topological polar surface area (TPSA) is 45.1 Å². The Morgan fingerprint density at radius 3 is 2.50 bits per heavy atom. The van der Waals surface area contributed by atoms with Gasteiger partial charge in [0.05, 0.1) is 11.3 Å². The van der Waals surface area contributed by atoms with Crippen LogP contribution in [0.25, 0.3) is 0 Å². The number of hydrogen-bond acceptors (Lipinski definition) is 3. The molecule has 0 spiro atoms. The van der Waals surface area contributed by atoms with Crippen LogP contribution in [0.2, 0.25) is 0 Å². The predicted octanol–water partition coefficient (Wildman–Crippen LogP) is 2.03. The summed E-state index contributed by atoms with van der Waals surface area (Å²) in [4.78, 5) is 4.31. The molecule has 0 amide bonds. The number of pyridine rings is 1. The van der Waals surface area contributed by atoms with Crippen LogP contribution in [0.1, 0.15) is 37.9 Å². The van der Waals surface area contributed by atoms with E-state index in [1.165, 1.54) is 5.56 Å². The third-order valence-corrected chi connectivity index (χ3v) is 3.05. The average molecular weight is 222 g/mol. The van der Waals surface area contributed by atoms with Crippen LogP contribution in [-0.2, 0) is 6.54 Å². The third kappa shape index (κ3) is 3.91. The summed E-state index contributed by atoms with van der Waals surface area (Å²) < 4.78 is 0. The Hall–Kier alpha value is -0.930. The molecule has 3 heteroatoms. The van der Waals surface area contributed by atoms with Crippen molar-refractivity contribution in [3.05, 3.63) is 29.6 Å². The Kier molecular flexibility index (Phi) is 4.90. The molecule has 0 aliphatic carbocycles. The molecule has 90 valence electrons. The first-order valence-electron chi connectivity index (χ1n) is 5.94. The van der Waals surface area contributed by atoms with E-state index >= 15 is 0 Å². The molecule has 0 radical (unpaired) electrons. The normalized spacial score (nSPS) is 11.8. The molecule has 1 aromatic rings. The van der Waals surface area contributed by atoms with Crippen molar-refractivity contribution < 1.29 is 5.11 Å². The molecule has 0 saturated carbocycles. The maximum atomic E-state index is 10.1. The largest absolute Gasteiger partial charge is 0.389 e. The van der Waals surface area contributed by atoms with Crippen LogP contribution in [0, 0.1) is 6.92 Å². The lowest BCUT2D eigenvalue weighted by Crippen LogP contribution is -2.39. The molecular weight excluding hydrogens is 200 g/mol. The summed E-state index contributed by atoms with van der Waals surface area (Å²) in [5.74, 6) is 0. The predicted molar refractivity (Wildman–Crippen MR) is 66.2 cm³/mol. The minimum atomic E-state index is -0.579. The summed E-state index contributed by atoms with van der Waals surface area (Å²) in [5, 5.41) is 13.3. The molecule has 0 unspecified atom stereocenters. The number of aryl methyl sites for hydroxylation is 1. The Morgan fingerprint density at radius 1 is 1.31 bits per heavy atom. The van der Waals surface area contributed by atoms with Crippen LogP contribution >= 0.6 is 0 Å². The van der Waals surface area contributed by atoms with E-state index in [1.807, 2.05) is 33.0 Å². The van der Waals surface area contributed by atoms with E-state index in [1.54, 1.807) is 0 Å². The van der Waals surface area contributed by atoms with Gasteiger partial charge in [0.25, 0.3) is 0 Å². The number of aromatic nitrogens is 1. The highest BCUT2D eigenvalue weighted by molar-refractivity contribution is 5.11. The zero-order valence-electron chi connectivity index (χ0n) is 10.5. The number of aliphatic hydroxyl groups is 1. The molecule has 0 aliphatic heterocycles. The van der Waals surface area contributed by atoms with Gasteiger partial charge in [-0.1, -0.05) is 19.9 Å². The minimum absolute atomic E-state index is 0.579. The zero-order valence-corrected chi connectivity index (χ0v) is 10.5. The lowest BCUT2D eigenvalue weighted by Gasteiger charge is -2.25. The number of hydrogen-bond donors (Lipinski definition) is 2. The van der Waals surface area contributed by atoms with Crippen molar-refractivity contribution in [2.75, 3.05) is 6.54 Å². The molecule has 1 rings (SSSR count). The fourth-order valence-electron chi connectivity index (χ4n) is 1.53. The van der Waals surface area contributed by atoms with Gasteiger partial charge < -0.3 is 10.4 Å². The molecule has 1 heterocycles. The second-order valence-electron chi connectivity index (χ2n) is 4.36. The monoisotopic (exact) mass is 222 g/mol. The standard InChI is InChI=1S/C13H22N2O/c1-4-13(16,5-2)10-14-9-12-7-6-11(3)8-15-12/h6-8,14,16H,4-5,9-10H2,1-3H3. The van der Waals surface area contributed by atoms with Crippen molar-refractivity contribution in [1.82, 2.24) is 10.3 Å². The van der Waals surface area contributed by atoms with E-state index in [0.717, 1.165) is 18.5 Å². The number of rotatable bonds is 6. The van der Waals surface area contributed by atoms with E-state index in [0.29, 0.717) is 13.1 Å². The summed E-state index contributed by atoms with van der Waals surface area (Å²) in [6, 6.07) is 4.06. The quantitative estimate of drug-likeness (QED) is 0.774. The van der Waals surface area contributed by atoms with Gasteiger partial charge in [-0.3, -0.25) is 4.98 Å². The van der Waals surface area contributed by atoms with Crippen LogP contribution in [-0.4, -0.2) is 22.2 Å². The van der Waals surface area contributed by atoms with Crippen molar-refractivity contribution in [1.29, 1.82) is 0 Å². The van der Waals surface area contributed by atoms with Crippen LogP contribution in [0.15, 0.2) is 18.3 Å². The van der Waals surface area contributed by atoms with Crippen molar-refractivity contribution in [3.8, 4) is 0 Å². The Morgan fingerprint density at radius 2 is 2.00 bits per heavy atom. The molecule has 0 bridgehead atoms. The maximum Gasteiger partial charge on any atom is 0.0766 e. The van der Waals surface area contributed by atoms with Gasteiger partial charge in [-0.05, 0) is 31.4 Å². The van der Waals surface area contributed by atoms with E-state index < -0.39 is 5.60 Å². The van der Waals surface area contributed by atoms with Gasteiger partial charge in [-0.15, -0.1) is 0 Å². The molecule has 0 aliphatic rings. The van der Waals surface area contributed by atoms with E-state index in [2.05, 4.69) is 16.4 Å². The van der Waals surface area contributed by atoms with Gasteiger partial charge >= 0.3 is 0 Å². The van der Waals surface area contributed by atoms with Crippen molar-refractivity contribution in [2.45, 2.75) is 45.8 Å². The summed E-state index contributed by atoms with van der Waals surface area (Å²) in [5.41, 5.74) is 1.60. The highest BCUT2D eigenvalue weighted by atomic mass is 16.3. The molecule has 3 nitrogen and oxygen atoms in total. The lowest BCUT2D eigenvalue weighted by atomic mass is 9.98. The second kappa shape index (κ2) is 5.97. The zero-order chi connectivity index (χ0) is 12.0. The highest BCUT2D eigenvalue weighted by Gasteiger charge is 2.20. The Bertz CT molecular complexity index is 304. The fourth-order valence-corrected chi connectivity index (χ4v) is 1.53. The first-order chi connectivity index (χ1) is 7.59. The molecule has 0 saturated heterocycles. The maximum absolute atomic E-state index is 10.1.